The maximum absolute atomic E-state index is 11.7. The third-order valence-corrected chi connectivity index (χ3v) is 2.80. The van der Waals surface area contributed by atoms with Gasteiger partial charge in [-0.15, -0.1) is 0 Å². The second kappa shape index (κ2) is 5.60. The number of hydrogen-bond donors (Lipinski definition) is 1. The molecule has 7 nitrogen and oxygen atoms in total. The van der Waals surface area contributed by atoms with E-state index in [4.69, 9.17) is 4.74 Å². The predicted octanol–water partition coefficient (Wildman–Crippen LogP) is 0.445. The van der Waals surface area contributed by atoms with Crippen molar-refractivity contribution in [1.82, 2.24) is 14.3 Å². The lowest BCUT2D eigenvalue weighted by Gasteiger charge is -2.08. The molecule has 0 aromatic carbocycles. The van der Waals surface area contributed by atoms with Crippen molar-refractivity contribution in [2.45, 2.75) is 6.92 Å². The smallest absolute Gasteiger partial charge is 0.262 e. The van der Waals surface area contributed by atoms with Gasteiger partial charge in [0.15, 0.2) is 12.4 Å². The van der Waals surface area contributed by atoms with E-state index in [1.807, 2.05) is 6.92 Å². The zero-order valence-electron chi connectivity index (χ0n) is 11.6. The third kappa shape index (κ3) is 3.25. The van der Waals surface area contributed by atoms with Crippen molar-refractivity contribution < 1.29 is 9.53 Å². The number of ether oxygens (including phenoxy) is 1. The molecule has 0 spiro atoms. The standard InChI is InChI=1S/C13H16N4O3/c1-9-4-11(18)12(7-16(9)2)20-8-13(19)15-10-5-14-17(3)6-10/h4-7H,8H2,1-3H3,(H,15,19). The average Bonchev–Trinajstić information content (AvgIpc) is 2.77. The van der Waals surface area contributed by atoms with Crippen LogP contribution >= 0.6 is 0 Å². The van der Waals surface area contributed by atoms with Gasteiger partial charge in [0.1, 0.15) is 0 Å². The Bertz CT molecular complexity index is 687. The van der Waals surface area contributed by atoms with Gasteiger partial charge in [0.05, 0.1) is 11.9 Å². The largest absolute Gasteiger partial charge is 0.478 e. The van der Waals surface area contributed by atoms with E-state index in [-0.39, 0.29) is 23.7 Å². The molecule has 0 radical (unpaired) electrons. The van der Waals surface area contributed by atoms with Crippen LogP contribution in [0.1, 0.15) is 5.69 Å². The maximum atomic E-state index is 11.7. The molecule has 2 heterocycles. The highest BCUT2D eigenvalue weighted by Gasteiger charge is 2.08. The molecule has 0 aliphatic carbocycles. The maximum Gasteiger partial charge on any atom is 0.262 e. The molecule has 0 bridgehead atoms. The minimum Gasteiger partial charge on any atom is -0.478 e. The summed E-state index contributed by atoms with van der Waals surface area (Å²) in [6, 6.07) is 1.47. The zero-order valence-corrected chi connectivity index (χ0v) is 11.6. The highest BCUT2D eigenvalue weighted by atomic mass is 16.5. The van der Waals surface area contributed by atoms with Gasteiger partial charge in [-0.3, -0.25) is 14.3 Å². The summed E-state index contributed by atoms with van der Waals surface area (Å²) in [6.45, 7) is 1.59. The molecule has 2 aromatic rings. The Kier molecular flexibility index (Phi) is 3.88. The molecule has 0 unspecified atom stereocenters. The number of carbonyl (C=O) groups is 1. The van der Waals surface area contributed by atoms with Gasteiger partial charge in [-0.25, -0.2) is 0 Å². The molecule has 0 saturated heterocycles. The van der Waals surface area contributed by atoms with Gasteiger partial charge in [-0.1, -0.05) is 0 Å². The summed E-state index contributed by atoms with van der Waals surface area (Å²) in [5, 5.41) is 6.55. The molecule has 0 fully saturated rings. The summed E-state index contributed by atoms with van der Waals surface area (Å²) in [4.78, 5) is 23.4. The molecule has 0 atom stereocenters. The van der Waals surface area contributed by atoms with Crippen LogP contribution in [0, 0.1) is 6.92 Å². The Labute approximate surface area is 115 Å². The lowest BCUT2D eigenvalue weighted by molar-refractivity contribution is -0.118. The van der Waals surface area contributed by atoms with Crippen LogP contribution < -0.4 is 15.5 Å². The van der Waals surface area contributed by atoms with Crippen LogP contribution in [0.4, 0.5) is 5.69 Å². The first kappa shape index (κ1) is 13.9. The molecule has 2 rings (SSSR count). The fourth-order valence-corrected chi connectivity index (χ4v) is 1.64. The first-order valence-electron chi connectivity index (χ1n) is 6.04. The van der Waals surface area contributed by atoms with Crippen molar-refractivity contribution in [2.24, 2.45) is 14.1 Å². The average molecular weight is 276 g/mol. The van der Waals surface area contributed by atoms with E-state index >= 15 is 0 Å². The number of rotatable bonds is 4. The molecule has 1 N–H and O–H groups in total. The molecule has 0 saturated carbocycles. The lowest BCUT2D eigenvalue weighted by atomic mass is 10.3. The number of nitrogens with zero attached hydrogens (tertiary/aromatic N) is 3. The van der Waals surface area contributed by atoms with Crippen LogP contribution in [0.2, 0.25) is 0 Å². The van der Waals surface area contributed by atoms with Crippen molar-refractivity contribution in [3.05, 3.63) is 40.6 Å². The second-order valence-electron chi connectivity index (χ2n) is 4.49. The highest BCUT2D eigenvalue weighted by Crippen LogP contribution is 2.06. The molecule has 20 heavy (non-hydrogen) atoms. The van der Waals surface area contributed by atoms with Crippen LogP contribution in [0.15, 0.2) is 29.5 Å². The SMILES string of the molecule is Cc1cc(=O)c(OCC(=O)Nc2cnn(C)c2)cn1C. The van der Waals surface area contributed by atoms with E-state index in [0.29, 0.717) is 5.69 Å². The van der Waals surface area contributed by atoms with Gasteiger partial charge < -0.3 is 14.6 Å². The predicted molar refractivity (Wildman–Crippen MR) is 73.8 cm³/mol. The number of carbonyl (C=O) groups excluding carboxylic acids is 1. The minimum atomic E-state index is -0.347. The van der Waals surface area contributed by atoms with Gasteiger partial charge in [-0.2, -0.15) is 5.10 Å². The highest BCUT2D eigenvalue weighted by molar-refractivity contribution is 5.91. The molecule has 2 aromatic heterocycles. The normalized spacial score (nSPS) is 10.3. The fourth-order valence-electron chi connectivity index (χ4n) is 1.64. The summed E-state index contributed by atoms with van der Waals surface area (Å²) in [7, 11) is 3.56. The minimum absolute atomic E-state index is 0.152. The van der Waals surface area contributed by atoms with E-state index in [0.717, 1.165) is 5.69 Å². The molecule has 1 amide bonds. The number of nitrogens with one attached hydrogen (secondary N) is 1. The monoisotopic (exact) mass is 276 g/mol. The Morgan fingerprint density at radius 3 is 2.80 bits per heavy atom. The Balaban J connectivity index is 1.97. The van der Waals surface area contributed by atoms with E-state index in [2.05, 4.69) is 10.4 Å². The van der Waals surface area contributed by atoms with Crippen molar-refractivity contribution >= 4 is 11.6 Å². The number of aryl methyl sites for hydroxylation is 3. The first-order valence-corrected chi connectivity index (χ1v) is 6.04. The number of hydrogen-bond acceptors (Lipinski definition) is 4. The van der Waals surface area contributed by atoms with Gasteiger partial charge in [0.2, 0.25) is 5.43 Å². The van der Waals surface area contributed by atoms with Crippen LogP contribution in [-0.4, -0.2) is 26.9 Å². The number of amides is 1. The van der Waals surface area contributed by atoms with Gasteiger partial charge >= 0.3 is 0 Å². The van der Waals surface area contributed by atoms with E-state index in [1.54, 1.807) is 35.7 Å². The lowest BCUT2D eigenvalue weighted by Crippen LogP contribution is -2.22. The topological polar surface area (TPSA) is 78.2 Å². The van der Waals surface area contributed by atoms with Crippen molar-refractivity contribution in [1.29, 1.82) is 0 Å². The molecule has 0 aliphatic rings. The Hall–Kier alpha value is -2.57. The molecular weight excluding hydrogens is 260 g/mol. The van der Waals surface area contributed by atoms with Crippen LogP contribution in [0.3, 0.4) is 0 Å². The number of pyridine rings is 1. The molecule has 7 heteroatoms. The van der Waals surface area contributed by atoms with E-state index in [1.165, 1.54) is 12.3 Å². The van der Waals surface area contributed by atoms with Gasteiger partial charge in [0, 0.05) is 38.2 Å². The van der Waals surface area contributed by atoms with Gasteiger partial charge in [-0.05, 0) is 6.92 Å². The molecule has 106 valence electrons. The Morgan fingerprint density at radius 1 is 1.40 bits per heavy atom. The molecular formula is C13H16N4O3. The summed E-state index contributed by atoms with van der Waals surface area (Å²) >= 11 is 0. The summed E-state index contributed by atoms with van der Waals surface area (Å²) < 4.78 is 8.58. The number of aromatic nitrogens is 3. The van der Waals surface area contributed by atoms with Gasteiger partial charge in [0.25, 0.3) is 5.91 Å². The second-order valence-corrected chi connectivity index (χ2v) is 4.49. The van der Waals surface area contributed by atoms with Crippen molar-refractivity contribution in [2.75, 3.05) is 11.9 Å². The first-order chi connectivity index (χ1) is 9.45. The Morgan fingerprint density at radius 2 is 2.15 bits per heavy atom. The van der Waals surface area contributed by atoms with Crippen LogP contribution in [-0.2, 0) is 18.9 Å². The number of anilines is 1. The molecule has 0 aliphatic heterocycles. The van der Waals surface area contributed by atoms with Crippen molar-refractivity contribution in [3.8, 4) is 5.75 Å². The quantitative estimate of drug-likeness (QED) is 0.879. The van der Waals surface area contributed by atoms with E-state index < -0.39 is 0 Å². The van der Waals surface area contributed by atoms with Crippen LogP contribution in [0.5, 0.6) is 5.75 Å². The summed E-state index contributed by atoms with van der Waals surface area (Å²) in [5.74, 6) is -0.194. The zero-order chi connectivity index (χ0) is 14.7. The van der Waals surface area contributed by atoms with Crippen LogP contribution in [0.25, 0.3) is 0 Å². The third-order valence-electron chi connectivity index (χ3n) is 2.80. The summed E-state index contributed by atoms with van der Waals surface area (Å²) in [5.41, 5.74) is 1.16. The van der Waals surface area contributed by atoms with E-state index in [9.17, 15) is 9.59 Å². The fraction of sp³-hybridized carbons (Fsp3) is 0.308. The van der Waals surface area contributed by atoms with Crippen molar-refractivity contribution in [3.63, 3.8) is 0 Å². The summed E-state index contributed by atoms with van der Waals surface area (Å²) in [6.07, 6.45) is 4.76.